The van der Waals surface area contributed by atoms with Crippen LogP contribution in [-0.4, -0.2) is 5.75 Å². The number of hydrogen-bond acceptors (Lipinski definition) is 3. The van der Waals surface area contributed by atoms with E-state index in [-0.39, 0.29) is 5.02 Å². The van der Waals surface area contributed by atoms with Gasteiger partial charge in [-0.15, -0.1) is 11.8 Å². The summed E-state index contributed by atoms with van der Waals surface area (Å²) in [5, 5.41) is 9.45. The van der Waals surface area contributed by atoms with Crippen LogP contribution in [0.2, 0.25) is 5.02 Å². The van der Waals surface area contributed by atoms with Gasteiger partial charge in [-0.3, -0.25) is 0 Å². The third-order valence-corrected chi connectivity index (χ3v) is 3.75. The van der Waals surface area contributed by atoms with Crippen LogP contribution < -0.4 is 4.74 Å². The molecule has 0 spiro atoms. The van der Waals surface area contributed by atoms with Crippen molar-refractivity contribution in [3.05, 3.63) is 52.8 Å². The number of benzene rings is 2. The highest BCUT2D eigenvalue weighted by molar-refractivity contribution is 7.99. The molecule has 0 aliphatic heterocycles. The van der Waals surface area contributed by atoms with Crippen molar-refractivity contribution in [3.8, 4) is 17.6 Å². The fourth-order valence-corrected chi connectivity index (χ4v) is 2.64. The number of ether oxygens (including phenoxy) is 1. The zero-order chi connectivity index (χ0) is 14.5. The lowest BCUT2D eigenvalue weighted by Crippen LogP contribution is -1.92. The lowest BCUT2D eigenvalue weighted by Gasteiger charge is -2.11. The van der Waals surface area contributed by atoms with E-state index in [4.69, 9.17) is 16.3 Å². The summed E-state index contributed by atoms with van der Waals surface area (Å²) in [5.41, 5.74) is 0.458. The standard InChI is InChI=1S/C15H11ClFNOS/c1-2-20-15-5-3-4-13(11(15)9-18)19-14-7-6-10(17)8-12(14)16/h3-8H,2H2,1H3. The van der Waals surface area contributed by atoms with E-state index < -0.39 is 5.82 Å². The molecule has 0 saturated carbocycles. The van der Waals surface area contributed by atoms with Crippen LogP contribution in [0.25, 0.3) is 0 Å². The summed E-state index contributed by atoms with van der Waals surface area (Å²) in [5.74, 6) is 1.16. The second-order valence-corrected chi connectivity index (χ2v) is 5.56. The smallest absolute Gasteiger partial charge is 0.146 e. The van der Waals surface area contributed by atoms with Crippen LogP contribution in [0.1, 0.15) is 12.5 Å². The highest BCUT2D eigenvalue weighted by Gasteiger charge is 2.12. The molecule has 2 nitrogen and oxygen atoms in total. The molecular formula is C15H11ClFNOS. The molecule has 0 unspecified atom stereocenters. The van der Waals surface area contributed by atoms with E-state index in [1.165, 1.54) is 18.2 Å². The topological polar surface area (TPSA) is 33.0 Å². The minimum atomic E-state index is -0.432. The number of nitriles is 1. The van der Waals surface area contributed by atoms with E-state index in [0.717, 1.165) is 10.6 Å². The largest absolute Gasteiger partial charge is 0.454 e. The highest BCUT2D eigenvalue weighted by atomic mass is 35.5. The third-order valence-electron chi connectivity index (χ3n) is 2.51. The Hall–Kier alpha value is -1.70. The Balaban J connectivity index is 2.38. The number of nitrogens with zero attached hydrogens (tertiary/aromatic N) is 1. The molecule has 0 aliphatic rings. The highest BCUT2D eigenvalue weighted by Crippen LogP contribution is 2.35. The van der Waals surface area contributed by atoms with Gasteiger partial charge in [0.25, 0.3) is 0 Å². The summed E-state index contributed by atoms with van der Waals surface area (Å²) in [4.78, 5) is 0.853. The van der Waals surface area contributed by atoms with Gasteiger partial charge < -0.3 is 4.74 Å². The molecule has 0 saturated heterocycles. The van der Waals surface area contributed by atoms with E-state index in [1.807, 2.05) is 19.1 Å². The van der Waals surface area contributed by atoms with Crippen molar-refractivity contribution in [3.63, 3.8) is 0 Å². The van der Waals surface area contributed by atoms with Gasteiger partial charge in [-0.25, -0.2) is 4.39 Å². The van der Waals surface area contributed by atoms with Crippen LogP contribution in [0, 0.1) is 17.1 Å². The maximum Gasteiger partial charge on any atom is 0.146 e. The first-order chi connectivity index (χ1) is 9.65. The monoisotopic (exact) mass is 307 g/mol. The zero-order valence-corrected chi connectivity index (χ0v) is 12.3. The predicted octanol–water partition coefficient (Wildman–Crippen LogP) is 5.26. The van der Waals surface area contributed by atoms with Gasteiger partial charge in [0.1, 0.15) is 28.9 Å². The van der Waals surface area contributed by atoms with Gasteiger partial charge in [0, 0.05) is 4.90 Å². The Morgan fingerprint density at radius 2 is 2.10 bits per heavy atom. The number of thioether (sulfide) groups is 1. The second kappa shape index (κ2) is 6.65. The Labute approximate surface area is 126 Å². The van der Waals surface area contributed by atoms with Crippen molar-refractivity contribution in [2.45, 2.75) is 11.8 Å². The Morgan fingerprint density at radius 3 is 2.75 bits per heavy atom. The van der Waals surface area contributed by atoms with Gasteiger partial charge in [-0.1, -0.05) is 24.6 Å². The SMILES string of the molecule is CCSc1cccc(Oc2ccc(F)cc2Cl)c1C#N. The molecule has 0 amide bonds. The van der Waals surface area contributed by atoms with Crippen LogP contribution in [0.4, 0.5) is 4.39 Å². The molecule has 2 rings (SSSR count). The maximum absolute atomic E-state index is 13.0. The first-order valence-corrected chi connectivity index (χ1v) is 7.31. The minimum Gasteiger partial charge on any atom is -0.454 e. The van der Waals surface area contributed by atoms with Gasteiger partial charge in [0.05, 0.1) is 5.02 Å². The van der Waals surface area contributed by atoms with Crippen LogP contribution in [-0.2, 0) is 0 Å². The lowest BCUT2D eigenvalue weighted by molar-refractivity contribution is 0.478. The normalized spacial score (nSPS) is 10.1. The molecule has 0 fully saturated rings. The van der Waals surface area contributed by atoms with Crippen molar-refractivity contribution in [1.29, 1.82) is 5.26 Å². The van der Waals surface area contributed by atoms with Gasteiger partial charge in [-0.05, 0) is 36.1 Å². The summed E-state index contributed by atoms with van der Waals surface area (Å²) in [6.07, 6.45) is 0. The average molecular weight is 308 g/mol. The van der Waals surface area contributed by atoms with E-state index in [9.17, 15) is 9.65 Å². The predicted molar refractivity (Wildman–Crippen MR) is 79.0 cm³/mol. The minimum absolute atomic E-state index is 0.169. The molecule has 0 aromatic heterocycles. The molecule has 20 heavy (non-hydrogen) atoms. The van der Waals surface area contributed by atoms with Crippen LogP contribution >= 0.6 is 23.4 Å². The molecule has 102 valence electrons. The van der Waals surface area contributed by atoms with Crippen molar-refractivity contribution in [2.75, 3.05) is 5.75 Å². The van der Waals surface area contributed by atoms with E-state index in [2.05, 4.69) is 6.07 Å². The number of hydrogen-bond donors (Lipinski definition) is 0. The molecule has 0 N–H and O–H groups in total. The fourth-order valence-electron chi connectivity index (χ4n) is 1.66. The molecule has 0 aliphatic carbocycles. The Kier molecular flexibility index (Phi) is 4.89. The van der Waals surface area contributed by atoms with Crippen molar-refractivity contribution in [1.82, 2.24) is 0 Å². The molecule has 2 aromatic rings. The third kappa shape index (κ3) is 3.24. The number of rotatable bonds is 4. The molecule has 0 heterocycles. The van der Waals surface area contributed by atoms with Crippen molar-refractivity contribution < 1.29 is 9.13 Å². The van der Waals surface area contributed by atoms with Gasteiger partial charge >= 0.3 is 0 Å². The summed E-state index contributed by atoms with van der Waals surface area (Å²) in [6.45, 7) is 2.01. The van der Waals surface area contributed by atoms with Crippen molar-refractivity contribution >= 4 is 23.4 Å². The summed E-state index contributed by atoms with van der Waals surface area (Å²) in [7, 11) is 0. The van der Waals surface area contributed by atoms with Crippen LogP contribution in [0.3, 0.4) is 0 Å². The average Bonchev–Trinajstić information content (AvgIpc) is 2.42. The molecule has 0 atom stereocenters. The van der Waals surface area contributed by atoms with Gasteiger partial charge in [0.2, 0.25) is 0 Å². The van der Waals surface area contributed by atoms with Gasteiger partial charge in [-0.2, -0.15) is 5.26 Å². The van der Waals surface area contributed by atoms with Crippen LogP contribution in [0.5, 0.6) is 11.5 Å². The van der Waals surface area contributed by atoms with Crippen molar-refractivity contribution in [2.24, 2.45) is 0 Å². The summed E-state index contributed by atoms with van der Waals surface area (Å²) >= 11 is 7.49. The number of halogens is 2. The first-order valence-electron chi connectivity index (χ1n) is 5.94. The molecule has 0 radical (unpaired) electrons. The van der Waals surface area contributed by atoms with E-state index >= 15 is 0 Å². The lowest BCUT2D eigenvalue weighted by atomic mass is 10.2. The maximum atomic E-state index is 13.0. The fraction of sp³-hybridized carbons (Fsp3) is 0.133. The van der Waals surface area contributed by atoms with Crippen LogP contribution in [0.15, 0.2) is 41.3 Å². The molecule has 5 heteroatoms. The second-order valence-electron chi connectivity index (χ2n) is 3.85. The molecule has 0 bridgehead atoms. The Bertz CT molecular complexity index is 669. The Morgan fingerprint density at radius 1 is 1.30 bits per heavy atom. The zero-order valence-electron chi connectivity index (χ0n) is 10.7. The van der Waals surface area contributed by atoms with E-state index in [0.29, 0.717) is 17.1 Å². The summed E-state index contributed by atoms with van der Waals surface area (Å²) < 4.78 is 18.6. The van der Waals surface area contributed by atoms with Gasteiger partial charge in [0.15, 0.2) is 0 Å². The molecule has 2 aromatic carbocycles. The quantitative estimate of drug-likeness (QED) is 0.723. The first kappa shape index (κ1) is 14.7. The molecular weight excluding hydrogens is 297 g/mol. The van der Waals surface area contributed by atoms with E-state index in [1.54, 1.807) is 17.8 Å². The summed E-state index contributed by atoms with van der Waals surface area (Å²) in [6, 6.07) is 11.4.